The molecule has 0 atom stereocenters. The largest absolute Gasteiger partial charge is 0.379 e. The summed E-state index contributed by atoms with van der Waals surface area (Å²) in [7, 11) is 0. The Morgan fingerprint density at radius 2 is 2.29 bits per heavy atom. The molecule has 2 heterocycles. The predicted octanol–water partition coefficient (Wildman–Crippen LogP) is 1.10. The van der Waals surface area contributed by atoms with Crippen molar-refractivity contribution in [3.8, 4) is 0 Å². The molecule has 3 rings (SSSR count). The molecule has 0 unspecified atom stereocenters. The first-order chi connectivity index (χ1) is 6.82. The summed E-state index contributed by atoms with van der Waals surface area (Å²) in [6, 6.07) is 3.83. The molecule has 70 valence electrons. The third-order valence-electron chi connectivity index (χ3n) is 2.85. The number of nitrogens with zero attached hydrogens (tertiary/aromatic N) is 1. The van der Waals surface area contributed by atoms with Crippen molar-refractivity contribution in [2.75, 3.05) is 13.2 Å². The second-order valence-electron chi connectivity index (χ2n) is 3.75. The van der Waals surface area contributed by atoms with Crippen LogP contribution in [0, 0.1) is 0 Å². The van der Waals surface area contributed by atoms with Gasteiger partial charge in [-0.05, 0) is 17.7 Å². The fourth-order valence-corrected chi connectivity index (χ4v) is 1.98. The van der Waals surface area contributed by atoms with Gasteiger partial charge in [-0.1, -0.05) is 12.1 Å². The molecular weight excluding hydrogens is 178 g/mol. The maximum absolute atomic E-state index is 11.5. The summed E-state index contributed by atoms with van der Waals surface area (Å²) < 4.78 is 5.22. The summed E-state index contributed by atoms with van der Waals surface area (Å²) >= 11 is 0. The van der Waals surface area contributed by atoms with Gasteiger partial charge in [0.1, 0.15) is 5.69 Å². The zero-order valence-corrected chi connectivity index (χ0v) is 7.56. The van der Waals surface area contributed by atoms with Crippen LogP contribution < -0.4 is 0 Å². The molecule has 0 radical (unpaired) electrons. The third kappa shape index (κ3) is 0.849. The summed E-state index contributed by atoms with van der Waals surface area (Å²) in [5.41, 5.74) is 1.52. The maximum atomic E-state index is 11.5. The van der Waals surface area contributed by atoms with Gasteiger partial charge in [0.05, 0.1) is 18.6 Å². The summed E-state index contributed by atoms with van der Waals surface area (Å²) in [4.78, 5) is 15.6. The molecule has 0 amide bonds. The maximum Gasteiger partial charge on any atom is 0.204 e. The number of allylic oxidation sites excluding steroid dienone is 1. The molecule has 3 heteroatoms. The number of hydrogen-bond acceptors (Lipinski definition) is 3. The lowest BCUT2D eigenvalue weighted by Crippen LogP contribution is -2.47. The van der Waals surface area contributed by atoms with Crippen LogP contribution in [0.15, 0.2) is 30.5 Å². The summed E-state index contributed by atoms with van der Waals surface area (Å²) in [6.07, 6.45) is 5.21. The van der Waals surface area contributed by atoms with E-state index in [9.17, 15) is 4.79 Å². The lowest BCUT2D eigenvalue weighted by atomic mass is 9.74. The summed E-state index contributed by atoms with van der Waals surface area (Å²) in [5.74, 6) is -0.00174. The highest BCUT2D eigenvalue weighted by atomic mass is 16.5. The van der Waals surface area contributed by atoms with Crippen LogP contribution in [0.1, 0.15) is 16.1 Å². The van der Waals surface area contributed by atoms with Crippen molar-refractivity contribution < 1.29 is 9.53 Å². The van der Waals surface area contributed by atoms with Crippen LogP contribution in [0.25, 0.3) is 0 Å². The van der Waals surface area contributed by atoms with E-state index in [0.717, 1.165) is 5.56 Å². The number of aromatic nitrogens is 1. The minimum Gasteiger partial charge on any atom is -0.379 e. The molecule has 14 heavy (non-hydrogen) atoms. The number of hydrogen-bond donors (Lipinski definition) is 0. The molecule has 1 aliphatic carbocycles. The van der Waals surface area contributed by atoms with E-state index in [1.54, 1.807) is 12.3 Å². The smallest absolute Gasteiger partial charge is 0.204 e. The van der Waals surface area contributed by atoms with E-state index in [2.05, 4.69) is 4.98 Å². The van der Waals surface area contributed by atoms with Crippen LogP contribution in [0.3, 0.4) is 0 Å². The van der Waals surface area contributed by atoms with Crippen LogP contribution in [0.4, 0.5) is 0 Å². The highest BCUT2D eigenvalue weighted by Crippen LogP contribution is 2.37. The molecule has 1 fully saturated rings. The first kappa shape index (κ1) is 7.88. The Balaban J connectivity index is 2.22. The molecule has 1 aliphatic heterocycles. The standard InChI is InChI=1S/C11H9NO2/c13-9-3-4-11(6-14-7-11)8-2-1-5-12-10(8)9/h1-5H,6-7H2. The summed E-state index contributed by atoms with van der Waals surface area (Å²) in [5, 5.41) is 0. The minimum absolute atomic E-state index is 0.00174. The molecular formula is C11H9NO2. The molecule has 0 saturated carbocycles. The van der Waals surface area contributed by atoms with Gasteiger partial charge in [-0.25, -0.2) is 0 Å². The van der Waals surface area contributed by atoms with Gasteiger partial charge in [0.15, 0.2) is 0 Å². The van der Waals surface area contributed by atoms with Gasteiger partial charge in [0.2, 0.25) is 5.78 Å². The zero-order valence-electron chi connectivity index (χ0n) is 7.56. The van der Waals surface area contributed by atoms with Crippen molar-refractivity contribution >= 4 is 5.78 Å². The van der Waals surface area contributed by atoms with Gasteiger partial charge in [0, 0.05) is 6.20 Å². The molecule has 1 aromatic rings. The van der Waals surface area contributed by atoms with Gasteiger partial charge in [-0.3, -0.25) is 9.78 Å². The van der Waals surface area contributed by atoms with Crippen molar-refractivity contribution in [1.82, 2.24) is 4.98 Å². The van der Waals surface area contributed by atoms with Gasteiger partial charge in [0.25, 0.3) is 0 Å². The number of pyridine rings is 1. The van der Waals surface area contributed by atoms with Crippen molar-refractivity contribution in [2.24, 2.45) is 0 Å². The topological polar surface area (TPSA) is 39.2 Å². The number of ether oxygens (including phenoxy) is 1. The average Bonchev–Trinajstić information content (AvgIpc) is 2.17. The van der Waals surface area contributed by atoms with Crippen molar-refractivity contribution in [1.29, 1.82) is 0 Å². The lowest BCUT2D eigenvalue weighted by molar-refractivity contribution is -0.0349. The number of fused-ring (bicyclic) bond motifs is 2. The Hall–Kier alpha value is -1.48. The molecule has 1 aromatic heterocycles. The quantitative estimate of drug-likeness (QED) is 0.610. The van der Waals surface area contributed by atoms with Crippen molar-refractivity contribution in [3.05, 3.63) is 41.7 Å². The highest BCUT2D eigenvalue weighted by molar-refractivity contribution is 6.06. The monoisotopic (exact) mass is 187 g/mol. The van der Waals surface area contributed by atoms with Crippen LogP contribution in [0.2, 0.25) is 0 Å². The van der Waals surface area contributed by atoms with Crippen LogP contribution in [0.5, 0.6) is 0 Å². The number of rotatable bonds is 0. The van der Waals surface area contributed by atoms with Crippen LogP contribution >= 0.6 is 0 Å². The Morgan fingerprint density at radius 3 is 3.00 bits per heavy atom. The Morgan fingerprint density at radius 1 is 1.43 bits per heavy atom. The van der Waals surface area contributed by atoms with Gasteiger partial charge in [-0.15, -0.1) is 0 Å². The molecule has 1 saturated heterocycles. The normalized spacial score (nSPS) is 21.9. The van der Waals surface area contributed by atoms with E-state index >= 15 is 0 Å². The Bertz CT molecular complexity index is 433. The number of carbonyl (C=O) groups is 1. The van der Waals surface area contributed by atoms with E-state index in [4.69, 9.17) is 4.74 Å². The van der Waals surface area contributed by atoms with E-state index in [0.29, 0.717) is 18.9 Å². The van der Waals surface area contributed by atoms with E-state index in [1.807, 2.05) is 18.2 Å². The summed E-state index contributed by atoms with van der Waals surface area (Å²) in [6.45, 7) is 1.32. The van der Waals surface area contributed by atoms with Gasteiger partial charge < -0.3 is 4.74 Å². The van der Waals surface area contributed by atoms with E-state index in [1.165, 1.54) is 0 Å². The Kier molecular flexibility index (Phi) is 1.42. The van der Waals surface area contributed by atoms with Crippen LogP contribution in [-0.2, 0) is 10.2 Å². The highest BCUT2D eigenvalue weighted by Gasteiger charge is 2.42. The van der Waals surface area contributed by atoms with E-state index in [-0.39, 0.29) is 11.2 Å². The molecule has 0 aromatic carbocycles. The first-order valence-corrected chi connectivity index (χ1v) is 4.59. The SMILES string of the molecule is O=C1C=CC2(COC2)c2cccnc21. The average molecular weight is 187 g/mol. The minimum atomic E-state index is -0.0719. The van der Waals surface area contributed by atoms with Crippen molar-refractivity contribution in [2.45, 2.75) is 5.41 Å². The predicted molar refractivity (Wildman–Crippen MR) is 50.2 cm³/mol. The molecule has 1 spiro atoms. The van der Waals surface area contributed by atoms with Gasteiger partial charge in [-0.2, -0.15) is 0 Å². The molecule has 0 bridgehead atoms. The van der Waals surface area contributed by atoms with Crippen LogP contribution in [-0.4, -0.2) is 24.0 Å². The number of ketones is 1. The van der Waals surface area contributed by atoms with Gasteiger partial charge >= 0.3 is 0 Å². The third-order valence-corrected chi connectivity index (χ3v) is 2.85. The molecule has 0 N–H and O–H groups in total. The molecule has 3 nitrogen and oxygen atoms in total. The fourth-order valence-electron chi connectivity index (χ4n) is 1.98. The van der Waals surface area contributed by atoms with Crippen molar-refractivity contribution in [3.63, 3.8) is 0 Å². The second-order valence-corrected chi connectivity index (χ2v) is 3.75. The van der Waals surface area contributed by atoms with E-state index < -0.39 is 0 Å². The second kappa shape index (κ2) is 2.51. The fraction of sp³-hybridized carbons (Fsp3) is 0.273. The molecule has 2 aliphatic rings. The first-order valence-electron chi connectivity index (χ1n) is 4.59. The Labute approximate surface area is 81.4 Å². The lowest BCUT2D eigenvalue weighted by Gasteiger charge is -2.41. The number of carbonyl (C=O) groups excluding carboxylic acids is 1. The zero-order chi connectivity index (χ0) is 9.60.